The van der Waals surface area contributed by atoms with Gasteiger partial charge in [-0.05, 0) is 24.5 Å². The number of halogens is 1. The molecular formula is C23H30ClNO. The Bertz CT molecular complexity index is 592. The molecule has 2 aromatic rings. The van der Waals surface area contributed by atoms with Crippen LogP contribution in [0.1, 0.15) is 24.5 Å². The highest BCUT2D eigenvalue weighted by Gasteiger charge is 2.35. The van der Waals surface area contributed by atoms with Gasteiger partial charge in [-0.1, -0.05) is 72.8 Å². The monoisotopic (exact) mass is 371 g/mol. The number of ether oxygens (including phenoxy) is 1. The molecule has 0 atom stereocenters. The van der Waals surface area contributed by atoms with E-state index in [0.717, 1.165) is 26.1 Å². The van der Waals surface area contributed by atoms with Crippen LogP contribution in [0.2, 0.25) is 0 Å². The van der Waals surface area contributed by atoms with Gasteiger partial charge in [-0.3, -0.25) is 4.90 Å². The predicted octanol–water partition coefficient (Wildman–Crippen LogP) is 5.45. The number of hydrogen-bond donors (Lipinski definition) is 0. The van der Waals surface area contributed by atoms with E-state index in [1.165, 1.54) is 11.1 Å². The Labute approximate surface area is 164 Å². The Morgan fingerprint density at radius 2 is 1.35 bits per heavy atom. The van der Waals surface area contributed by atoms with Crippen LogP contribution >= 0.6 is 12.4 Å². The fraction of sp³-hybridized carbons (Fsp3) is 0.304. The van der Waals surface area contributed by atoms with Gasteiger partial charge in [0.05, 0.1) is 0 Å². The number of hydrogen-bond acceptors (Lipinski definition) is 2. The first-order chi connectivity index (χ1) is 12.3. The van der Waals surface area contributed by atoms with Crippen molar-refractivity contribution >= 4 is 12.4 Å². The van der Waals surface area contributed by atoms with E-state index >= 15 is 0 Å². The van der Waals surface area contributed by atoms with Crippen molar-refractivity contribution in [2.24, 2.45) is 0 Å². The van der Waals surface area contributed by atoms with Crippen LogP contribution in [0.5, 0.6) is 0 Å². The summed E-state index contributed by atoms with van der Waals surface area (Å²) in [5.41, 5.74) is 1.94. The summed E-state index contributed by atoms with van der Waals surface area (Å²) in [5, 5.41) is 0. The van der Waals surface area contributed by atoms with Gasteiger partial charge in [-0.25, -0.2) is 0 Å². The Morgan fingerprint density at radius 1 is 0.885 bits per heavy atom. The summed E-state index contributed by atoms with van der Waals surface area (Å²) >= 11 is 0. The van der Waals surface area contributed by atoms with Gasteiger partial charge in [0.1, 0.15) is 5.60 Å². The molecule has 0 spiro atoms. The molecule has 3 heteroatoms. The van der Waals surface area contributed by atoms with Gasteiger partial charge >= 0.3 is 0 Å². The van der Waals surface area contributed by atoms with Gasteiger partial charge in [-0.15, -0.1) is 25.6 Å². The maximum absolute atomic E-state index is 6.43. The highest BCUT2D eigenvalue weighted by Crippen LogP contribution is 2.37. The number of rotatable bonds is 11. The molecule has 0 radical (unpaired) electrons. The molecule has 0 bridgehead atoms. The zero-order valence-electron chi connectivity index (χ0n) is 15.6. The topological polar surface area (TPSA) is 12.5 Å². The lowest BCUT2D eigenvalue weighted by molar-refractivity contribution is -0.0227. The van der Waals surface area contributed by atoms with Gasteiger partial charge < -0.3 is 4.74 Å². The fourth-order valence-corrected chi connectivity index (χ4v) is 3.29. The second kappa shape index (κ2) is 11.7. The van der Waals surface area contributed by atoms with E-state index in [1.54, 1.807) is 0 Å². The average molecular weight is 372 g/mol. The van der Waals surface area contributed by atoms with Gasteiger partial charge in [0.25, 0.3) is 0 Å². The predicted molar refractivity (Wildman–Crippen MR) is 114 cm³/mol. The number of benzene rings is 2. The van der Waals surface area contributed by atoms with E-state index in [4.69, 9.17) is 4.74 Å². The van der Waals surface area contributed by atoms with Crippen molar-refractivity contribution in [1.29, 1.82) is 0 Å². The summed E-state index contributed by atoms with van der Waals surface area (Å²) in [6.45, 7) is 13.1. The van der Waals surface area contributed by atoms with Crippen LogP contribution in [0.25, 0.3) is 0 Å². The van der Waals surface area contributed by atoms with Gasteiger partial charge in [0.2, 0.25) is 0 Å². The molecule has 140 valence electrons. The molecular weight excluding hydrogens is 342 g/mol. The SMILES string of the molecule is C=CCN(CC=C)CCC(OCC)(c1ccccc1)c1ccccc1.Cl. The highest BCUT2D eigenvalue weighted by molar-refractivity contribution is 5.85. The first-order valence-corrected chi connectivity index (χ1v) is 8.96. The van der Waals surface area contributed by atoms with Crippen LogP contribution in [0, 0.1) is 0 Å². The van der Waals surface area contributed by atoms with Crippen LogP contribution in [0.4, 0.5) is 0 Å². The van der Waals surface area contributed by atoms with Crippen LogP contribution < -0.4 is 0 Å². The largest absolute Gasteiger partial charge is 0.366 e. The highest BCUT2D eigenvalue weighted by atomic mass is 35.5. The van der Waals surface area contributed by atoms with Crippen LogP contribution in [-0.4, -0.2) is 31.1 Å². The third kappa shape index (κ3) is 5.57. The molecule has 0 aliphatic rings. The fourth-order valence-electron chi connectivity index (χ4n) is 3.29. The molecule has 0 amide bonds. The van der Waals surface area contributed by atoms with Gasteiger partial charge in [0, 0.05) is 26.2 Å². The van der Waals surface area contributed by atoms with Crippen LogP contribution in [0.15, 0.2) is 86.0 Å². The Morgan fingerprint density at radius 3 is 1.73 bits per heavy atom. The van der Waals surface area contributed by atoms with Crippen molar-refractivity contribution < 1.29 is 4.74 Å². The summed E-state index contributed by atoms with van der Waals surface area (Å²) in [5.74, 6) is 0. The minimum absolute atomic E-state index is 0. The van der Waals surface area contributed by atoms with Crippen molar-refractivity contribution in [3.63, 3.8) is 0 Å². The molecule has 0 N–H and O–H groups in total. The van der Waals surface area contributed by atoms with Gasteiger partial charge in [0.15, 0.2) is 0 Å². The van der Waals surface area contributed by atoms with E-state index in [9.17, 15) is 0 Å². The van der Waals surface area contributed by atoms with E-state index in [-0.39, 0.29) is 12.4 Å². The summed E-state index contributed by atoms with van der Waals surface area (Å²) in [6.07, 6.45) is 4.75. The van der Waals surface area contributed by atoms with Crippen molar-refractivity contribution in [3.8, 4) is 0 Å². The van der Waals surface area contributed by atoms with Crippen LogP contribution in [-0.2, 0) is 10.3 Å². The first kappa shape index (κ1) is 22.2. The second-order valence-corrected chi connectivity index (χ2v) is 6.08. The van der Waals surface area contributed by atoms with Crippen LogP contribution in [0.3, 0.4) is 0 Å². The standard InChI is InChI=1S/C23H29NO.ClH/c1-4-18-24(19-5-2)20-17-23(25-6-3,21-13-9-7-10-14-21)22-15-11-8-12-16-22;/h4-5,7-16H,1-2,6,17-20H2,3H3;1H. The Balaban J connectivity index is 0.00000338. The second-order valence-electron chi connectivity index (χ2n) is 6.08. The lowest BCUT2D eigenvalue weighted by Gasteiger charge is -2.36. The lowest BCUT2D eigenvalue weighted by Crippen LogP contribution is -2.37. The number of nitrogens with zero attached hydrogens (tertiary/aromatic N) is 1. The molecule has 2 rings (SSSR count). The molecule has 2 aromatic carbocycles. The molecule has 0 fully saturated rings. The van der Waals surface area contributed by atoms with Crippen molar-refractivity contribution in [1.82, 2.24) is 4.90 Å². The van der Waals surface area contributed by atoms with E-state index in [2.05, 4.69) is 73.5 Å². The molecule has 26 heavy (non-hydrogen) atoms. The molecule has 0 aliphatic carbocycles. The minimum atomic E-state index is -0.447. The Kier molecular flexibility index (Phi) is 9.97. The van der Waals surface area contributed by atoms with Gasteiger partial charge in [-0.2, -0.15) is 0 Å². The molecule has 0 unspecified atom stereocenters. The minimum Gasteiger partial charge on any atom is -0.366 e. The first-order valence-electron chi connectivity index (χ1n) is 8.96. The smallest absolute Gasteiger partial charge is 0.119 e. The van der Waals surface area contributed by atoms with E-state index in [0.29, 0.717) is 6.61 Å². The van der Waals surface area contributed by atoms with E-state index in [1.807, 2.05) is 24.3 Å². The maximum atomic E-state index is 6.43. The lowest BCUT2D eigenvalue weighted by atomic mass is 9.83. The average Bonchev–Trinajstić information content (AvgIpc) is 2.67. The van der Waals surface area contributed by atoms with E-state index < -0.39 is 5.60 Å². The van der Waals surface area contributed by atoms with Crippen molar-refractivity contribution in [3.05, 3.63) is 97.1 Å². The summed E-state index contributed by atoms with van der Waals surface area (Å²) in [6, 6.07) is 21.1. The molecule has 0 saturated carbocycles. The molecule has 0 saturated heterocycles. The summed E-state index contributed by atoms with van der Waals surface area (Å²) in [7, 11) is 0. The van der Waals surface area contributed by atoms with Crippen molar-refractivity contribution in [2.45, 2.75) is 18.9 Å². The maximum Gasteiger partial charge on any atom is 0.119 e. The summed E-state index contributed by atoms with van der Waals surface area (Å²) in [4.78, 5) is 2.33. The molecule has 0 aliphatic heterocycles. The Hall–Kier alpha value is -1.87. The summed E-state index contributed by atoms with van der Waals surface area (Å²) < 4.78 is 6.43. The molecule has 2 nitrogen and oxygen atoms in total. The normalized spacial score (nSPS) is 11.0. The zero-order valence-corrected chi connectivity index (χ0v) is 16.5. The third-order valence-corrected chi connectivity index (χ3v) is 4.43. The molecule has 0 heterocycles. The third-order valence-electron chi connectivity index (χ3n) is 4.43. The quantitative estimate of drug-likeness (QED) is 0.487. The zero-order chi connectivity index (χ0) is 18.0. The molecule has 0 aromatic heterocycles. The van der Waals surface area contributed by atoms with Crippen molar-refractivity contribution in [2.75, 3.05) is 26.2 Å².